The second kappa shape index (κ2) is 5.53. The van der Waals surface area contributed by atoms with Gasteiger partial charge in [0.25, 0.3) is 0 Å². The molecule has 5 nitrogen and oxygen atoms in total. The number of amides is 1. The number of nitrogens with one attached hydrogen (secondary N) is 1. The molecular formula is C16H22ClNO4. The van der Waals surface area contributed by atoms with Crippen molar-refractivity contribution in [3.8, 4) is 0 Å². The molecular weight excluding hydrogens is 306 g/mol. The first-order valence-electron chi connectivity index (χ1n) is 7.93. The number of rotatable bonds is 5. The number of alkyl halides is 1. The molecule has 2 aliphatic heterocycles. The molecule has 2 N–H and O–H groups in total. The lowest BCUT2D eigenvalue weighted by Crippen LogP contribution is -2.80. The molecule has 2 heterocycles. The van der Waals surface area contributed by atoms with E-state index in [-0.39, 0.29) is 11.8 Å². The summed E-state index contributed by atoms with van der Waals surface area (Å²) in [5.74, 6) is -0.881. The van der Waals surface area contributed by atoms with E-state index in [1.807, 2.05) is 12.2 Å². The maximum absolute atomic E-state index is 12.4. The maximum atomic E-state index is 12.4. The van der Waals surface area contributed by atoms with Crippen molar-refractivity contribution in [2.45, 2.75) is 56.3 Å². The normalized spacial score (nSPS) is 41.4. The van der Waals surface area contributed by atoms with Crippen LogP contribution in [0.25, 0.3) is 0 Å². The molecule has 0 radical (unpaired) electrons. The minimum absolute atomic E-state index is 0.131. The highest BCUT2D eigenvalue weighted by molar-refractivity contribution is 6.17. The molecule has 3 aliphatic rings. The minimum atomic E-state index is -1.31. The Bertz CT molecular complexity index is 522. The van der Waals surface area contributed by atoms with Crippen LogP contribution in [-0.2, 0) is 14.3 Å². The van der Waals surface area contributed by atoms with Crippen molar-refractivity contribution in [1.82, 2.24) is 5.32 Å². The zero-order valence-electron chi connectivity index (χ0n) is 12.7. The Labute approximate surface area is 135 Å². The Kier molecular flexibility index (Phi) is 3.98. The van der Waals surface area contributed by atoms with Gasteiger partial charge in [0, 0.05) is 11.8 Å². The van der Waals surface area contributed by atoms with Gasteiger partial charge in [-0.15, -0.1) is 11.6 Å². The van der Waals surface area contributed by atoms with Gasteiger partial charge in [0.15, 0.2) is 5.60 Å². The van der Waals surface area contributed by atoms with Gasteiger partial charge in [0.1, 0.15) is 0 Å². The van der Waals surface area contributed by atoms with E-state index >= 15 is 0 Å². The van der Waals surface area contributed by atoms with E-state index in [9.17, 15) is 14.7 Å². The fourth-order valence-electron chi connectivity index (χ4n) is 4.16. The largest absolute Gasteiger partial charge is 0.453 e. The predicted molar refractivity (Wildman–Crippen MR) is 81.3 cm³/mol. The van der Waals surface area contributed by atoms with Gasteiger partial charge in [-0.1, -0.05) is 12.2 Å². The van der Waals surface area contributed by atoms with Crippen LogP contribution in [0.15, 0.2) is 12.2 Å². The SMILES string of the molecule is C[C@@]12OC(=O)[C@]1([C@H](O)[C@@H]1C=CCCC1)NC(=O)[C@@H]2CCCCl. The monoisotopic (exact) mass is 327 g/mol. The van der Waals surface area contributed by atoms with Crippen molar-refractivity contribution >= 4 is 23.5 Å². The lowest BCUT2D eigenvalue weighted by atomic mass is 9.64. The van der Waals surface area contributed by atoms with Gasteiger partial charge in [0.2, 0.25) is 11.4 Å². The van der Waals surface area contributed by atoms with Crippen molar-refractivity contribution < 1.29 is 19.4 Å². The molecule has 0 spiro atoms. The van der Waals surface area contributed by atoms with Crippen LogP contribution in [0, 0.1) is 11.8 Å². The lowest BCUT2D eigenvalue weighted by Gasteiger charge is -2.54. The number of fused-ring (bicyclic) bond motifs is 1. The summed E-state index contributed by atoms with van der Waals surface area (Å²) in [5, 5.41) is 13.6. The zero-order chi connectivity index (χ0) is 16.0. The summed E-state index contributed by atoms with van der Waals surface area (Å²) in [4.78, 5) is 24.6. The van der Waals surface area contributed by atoms with Crippen LogP contribution in [0.4, 0.5) is 0 Å². The summed E-state index contributed by atoms with van der Waals surface area (Å²) < 4.78 is 5.40. The van der Waals surface area contributed by atoms with Crippen molar-refractivity contribution in [1.29, 1.82) is 0 Å². The van der Waals surface area contributed by atoms with Crippen LogP contribution in [0.1, 0.15) is 39.0 Å². The van der Waals surface area contributed by atoms with E-state index in [1.165, 1.54) is 0 Å². The molecule has 1 aliphatic carbocycles. The average Bonchev–Trinajstić information content (AvgIpc) is 2.69. The molecule has 0 aromatic heterocycles. The number of carbonyl (C=O) groups excluding carboxylic acids is 2. The van der Waals surface area contributed by atoms with E-state index in [0.29, 0.717) is 18.7 Å². The van der Waals surface area contributed by atoms with Crippen LogP contribution in [0.3, 0.4) is 0 Å². The van der Waals surface area contributed by atoms with Crippen LogP contribution >= 0.6 is 11.6 Å². The summed E-state index contributed by atoms with van der Waals surface area (Å²) in [7, 11) is 0. The summed E-state index contributed by atoms with van der Waals surface area (Å²) >= 11 is 5.72. The van der Waals surface area contributed by atoms with Crippen LogP contribution in [0.2, 0.25) is 0 Å². The van der Waals surface area contributed by atoms with Crippen LogP contribution in [-0.4, -0.2) is 40.1 Å². The Morgan fingerprint density at radius 1 is 1.55 bits per heavy atom. The second-order valence-corrected chi connectivity index (χ2v) is 7.02. The van der Waals surface area contributed by atoms with Crippen molar-refractivity contribution in [2.24, 2.45) is 11.8 Å². The fourth-order valence-corrected chi connectivity index (χ4v) is 4.32. The van der Waals surface area contributed by atoms with Gasteiger partial charge in [-0.2, -0.15) is 0 Å². The third-order valence-corrected chi connectivity index (χ3v) is 5.75. The molecule has 1 amide bonds. The van der Waals surface area contributed by atoms with Gasteiger partial charge < -0.3 is 15.2 Å². The van der Waals surface area contributed by atoms with E-state index in [0.717, 1.165) is 19.3 Å². The Balaban J connectivity index is 1.90. The molecule has 122 valence electrons. The lowest BCUT2D eigenvalue weighted by molar-refractivity contribution is -0.238. The number of ether oxygens (including phenoxy) is 1. The second-order valence-electron chi connectivity index (χ2n) is 6.65. The van der Waals surface area contributed by atoms with Gasteiger partial charge in [-0.05, 0) is 39.0 Å². The van der Waals surface area contributed by atoms with Crippen molar-refractivity contribution in [3.05, 3.63) is 12.2 Å². The van der Waals surface area contributed by atoms with E-state index in [2.05, 4.69) is 5.32 Å². The van der Waals surface area contributed by atoms with Gasteiger partial charge in [-0.3, -0.25) is 4.79 Å². The fraction of sp³-hybridized carbons (Fsp3) is 0.750. The molecule has 3 rings (SSSR count). The van der Waals surface area contributed by atoms with Gasteiger partial charge >= 0.3 is 5.97 Å². The Morgan fingerprint density at radius 2 is 2.32 bits per heavy atom. The molecule has 0 bridgehead atoms. The number of aliphatic hydroxyl groups excluding tert-OH is 1. The summed E-state index contributed by atoms with van der Waals surface area (Å²) in [5.41, 5.74) is -2.30. The number of aliphatic hydroxyl groups is 1. The summed E-state index contributed by atoms with van der Waals surface area (Å²) in [6.45, 7) is 1.75. The molecule has 0 aromatic rings. The van der Waals surface area contributed by atoms with Crippen LogP contribution in [0.5, 0.6) is 0 Å². The standard InChI is InChI=1S/C16H22ClNO4/c1-15-11(8-5-9-17)13(20)18-16(15,14(21)22-15)12(19)10-6-3-2-4-7-10/h3,6,10-12,19H,2,4-5,7-9H2,1H3,(H,18,20)/t10-,11+,12-,15+,16+/m1/s1. The predicted octanol–water partition coefficient (Wildman–Crippen LogP) is 1.52. The highest BCUT2D eigenvalue weighted by Gasteiger charge is 2.79. The molecule has 0 saturated carbocycles. The van der Waals surface area contributed by atoms with E-state index in [4.69, 9.17) is 16.3 Å². The first-order valence-corrected chi connectivity index (χ1v) is 8.47. The topological polar surface area (TPSA) is 75.6 Å². The molecule has 2 fully saturated rings. The third kappa shape index (κ3) is 1.95. The Morgan fingerprint density at radius 3 is 2.91 bits per heavy atom. The number of esters is 1. The van der Waals surface area contributed by atoms with Gasteiger partial charge in [-0.25, -0.2) is 4.79 Å². The molecule has 0 aromatic carbocycles. The first-order chi connectivity index (χ1) is 10.5. The van der Waals surface area contributed by atoms with E-state index < -0.39 is 29.1 Å². The quantitative estimate of drug-likeness (QED) is 0.456. The molecule has 5 atom stereocenters. The zero-order valence-corrected chi connectivity index (χ0v) is 13.4. The van der Waals surface area contributed by atoms with Crippen molar-refractivity contribution in [3.63, 3.8) is 0 Å². The smallest absolute Gasteiger partial charge is 0.339 e. The highest BCUT2D eigenvalue weighted by atomic mass is 35.5. The summed E-state index contributed by atoms with van der Waals surface area (Å²) in [6, 6.07) is 0. The first kappa shape index (κ1) is 15.8. The average molecular weight is 328 g/mol. The maximum Gasteiger partial charge on any atom is 0.339 e. The molecule has 0 unspecified atom stereocenters. The minimum Gasteiger partial charge on any atom is -0.453 e. The van der Waals surface area contributed by atoms with Crippen molar-refractivity contribution in [2.75, 3.05) is 5.88 Å². The number of allylic oxidation sites excluding steroid dienone is 1. The number of hydrogen-bond acceptors (Lipinski definition) is 4. The third-order valence-electron chi connectivity index (χ3n) is 5.48. The number of hydrogen-bond donors (Lipinski definition) is 2. The molecule has 6 heteroatoms. The summed E-state index contributed by atoms with van der Waals surface area (Å²) in [6.07, 6.45) is 7.01. The number of carbonyl (C=O) groups is 2. The van der Waals surface area contributed by atoms with E-state index in [1.54, 1.807) is 6.92 Å². The molecule has 22 heavy (non-hydrogen) atoms. The van der Waals surface area contributed by atoms with Gasteiger partial charge in [0.05, 0.1) is 12.0 Å². The number of halogens is 1. The Hall–Kier alpha value is -1.07. The highest BCUT2D eigenvalue weighted by Crippen LogP contribution is 2.53. The molecule has 2 saturated heterocycles. The van der Waals surface area contributed by atoms with Crippen LogP contribution < -0.4 is 5.32 Å².